The van der Waals surface area contributed by atoms with Crippen molar-refractivity contribution in [1.82, 2.24) is 4.90 Å². The number of benzene rings is 1. The van der Waals surface area contributed by atoms with Crippen LogP contribution < -0.4 is 0 Å². The van der Waals surface area contributed by atoms with Gasteiger partial charge in [-0.3, -0.25) is 14.9 Å². The lowest BCUT2D eigenvalue weighted by atomic mass is 10.0. The molecule has 2 aliphatic heterocycles. The Hall–Kier alpha value is -2.44. The summed E-state index contributed by atoms with van der Waals surface area (Å²) in [6, 6.07) is 6.12. The molecule has 3 rings (SSSR count). The molecule has 1 saturated heterocycles. The number of amides is 1. The van der Waals surface area contributed by atoms with Gasteiger partial charge in [-0.1, -0.05) is 5.16 Å². The van der Waals surface area contributed by atoms with Gasteiger partial charge in [-0.05, 0) is 37.0 Å². The lowest BCUT2D eigenvalue weighted by Gasteiger charge is -2.28. The van der Waals surface area contributed by atoms with Gasteiger partial charge in [-0.25, -0.2) is 0 Å². The van der Waals surface area contributed by atoms with Crippen LogP contribution in [0.4, 0.5) is 5.69 Å². The molecule has 1 unspecified atom stereocenters. The van der Waals surface area contributed by atoms with E-state index in [1.54, 1.807) is 12.1 Å². The molecule has 7 nitrogen and oxygen atoms in total. The van der Waals surface area contributed by atoms with Crippen molar-refractivity contribution in [3.8, 4) is 0 Å². The number of nitro groups is 1. The van der Waals surface area contributed by atoms with Crippen molar-refractivity contribution >= 4 is 17.3 Å². The minimum Gasteiger partial charge on any atom is -0.382 e. The van der Waals surface area contributed by atoms with Crippen LogP contribution in [-0.2, 0) is 9.63 Å². The van der Waals surface area contributed by atoms with E-state index < -0.39 is 11.0 Å². The van der Waals surface area contributed by atoms with Crippen LogP contribution in [0.2, 0.25) is 0 Å². The van der Waals surface area contributed by atoms with E-state index in [0.29, 0.717) is 12.1 Å². The lowest BCUT2D eigenvalue weighted by Crippen LogP contribution is -2.42. The van der Waals surface area contributed by atoms with Crippen molar-refractivity contribution < 1.29 is 14.6 Å². The molecule has 1 amide bonds. The highest BCUT2D eigenvalue weighted by atomic mass is 16.6. The lowest BCUT2D eigenvalue weighted by molar-refractivity contribution is -0.384. The predicted molar refractivity (Wildman–Crippen MR) is 79.6 cm³/mol. The largest absolute Gasteiger partial charge is 0.382 e. The molecule has 1 fully saturated rings. The molecule has 22 heavy (non-hydrogen) atoms. The highest BCUT2D eigenvalue weighted by molar-refractivity contribution is 6.04. The average Bonchev–Trinajstić information content (AvgIpc) is 3.05. The van der Waals surface area contributed by atoms with Gasteiger partial charge in [0.05, 0.1) is 10.6 Å². The minimum atomic E-state index is -0.566. The standard InChI is InChI=1S/C15H17N3O4/c19-15(17-8-2-1-3-9-17)14-10-13(16-22-14)11-4-6-12(7-5-11)18(20)21/h4-7,14H,1-3,8-10H2. The zero-order valence-electron chi connectivity index (χ0n) is 12.1. The Balaban J connectivity index is 1.63. The smallest absolute Gasteiger partial charge is 0.269 e. The number of hydrogen-bond acceptors (Lipinski definition) is 5. The molecule has 2 aliphatic rings. The Morgan fingerprint density at radius 1 is 1.23 bits per heavy atom. The zero-order chi connectivity index (χ0) is 15.5. The zero-order valence-corrected chi connectivity index (χ0v) is 12.1. The van der Waals surface area contributed by atoms with Gasteiger partial charge < -0.3 is 9.74 Å². The maximum Gasteiger partial charge on any atom is 0.269 e. The summed E-state index contributed by atoms with van der Waals surface area (Å²) in [6.07, 6.45) is 3.08. The van der Waals surface area contributed by atoms with Gasteiger partial charge in [0.25, 0.3) is 11.6 Å². The minimum absolute atomic E-state index is 0.0136. The second kappa shape index (κ2) is 6.13. The van der Waals surface area contributed by atoms with Crippen LogP contribution in [-0.4, -0.2) is 40.6 Å². The van der Waals surface area contributed by atoms with Crippen LogP contribution in [0.15, 0.2) is 29.4 Å². The number of hydrogen-bond donors (Lipinski definition) is 0. The van der Waals surface area contributed by atoms with Crippen LogP contribution in [0.25, 0.3) is 0 Å². The van der Waals surface area contributed by atoms with Crippen molar-refractivity contribution in [2.75, 3.05) is 13.1 Å². The quantitative estimate of drug-likeness (QED) is 0.632. The molecular weight excluding hydrogens is 286 g/mol. The van der Waals surface area contributed by atoms with Crippen LogP contribution in [0, 0.1) is 10.1 Å². The van der Waals surface area contributed by atoms with E-state index in [4.69, 9.17) is 4.84 Å². The number of carbonyl (C=O) groups is 1. The Labute approximate surface area is 127 Å². The van der Waals surface area contributed by atoms with Gasteiger partial charge in [0.2, 0.25) is 6.10 Å². The molecule has 0 aliphatic carbocycles. The SMILES string of the molecule is O=C(C1CC(c2ccc([N+](=O)[O-])cc2)=NO1)N1CCCCC1. The van der Waals surface area contributed by atoms with E-state index >= 15 is 0 Å². The van der Waals surface area contributed by atoms with Crippen molar-refractivity contribution in [3.63, 3.8) is 0 Å². The molecule has 0 spiro atoms. The van der Waals surface area contributed by atoms with Gasteiger partial charge in [0, 0.05) is 31.6 Å². The number of oxime groups is 1. The highest BCUT2D eigenvalue weighted by Crippen LogP contribution is 2.21. The summed E-state index contributed by atoms with van der Waals surface area (Å²) in [6.45, 7) is 1.57. The summed E-state index contributed by atoms with van der Waals surface area (Å²) in [7, 11) is 0. The van der Waals surface area contributed by atoms with Gasteiger partial charge in [0.15, 0.2) is 0 Å². The number of non-ortho nitro benzene ring substituents is 1. The molecule has 116 valence electrons. The van der Waals surface area contributed by atoms with E-state index in [0.717, 1.165) is 31.5 Å². The summed E-state index contributed by atoms with van der Waals surface area (Å²) < 4.78 is 0. The molecule has 1 aromatic carbocycles. The molecular formula is C15H17N3O4. The van der Waals surface area contributed by atoms with E-state index in [1.165, 1.54) is 18.6 Å². The first-order valence-electron chi connectivity index (χ1n) is 7.41. The van der Waals surface area contributed by atoms with E-state index in [-0.39, 0.29) is 11.6 Å². The summed E-state index contributed by atoms with van der Waals surface area (Å²) in [5.74, 6) is -0.0136. The second-order valence-electron chi connectivity index (χ2n) is 5.53. The highest BCUT2D eigenvalue weighted by Gasteiger charge is 2.32. The van der Waals surface area contributed by atoms with Crippen molar-refractivity contribution in [2.45, 2.75) is 31.8 Å². The summed E-state index contributed by atoms with van der Waals surface area (Å²) in [5.41, 5.74) is 1.44. The van der Waals surface area contributed by atoms with E-state index in [2.05, 4.69) is 5.16 Å². The van der Waals surface area contributed by atoms with E-state index in [1.807, 2.05) is 4.90 Å². The van der Waals surface area contributed by atoms with Gasteiger partial charge in [0.1, 0.15) is 0 Å². The van der Waals surface area contributed by atoms with Gasteiger partial charge in [-0.2, -0.15) is 0 Å². The Kier molecular flexibility index (Phi) is 4.04. The molecule has 1 atom stereocenters. The normalized spacial score (nSPS) is 21.2. The topological polar surface area (TPSA) is 85.0 Å². The first-order chi connectivity index (χ1) is 10.6. The number of piperidine rings is 1. The number of likely N-dealkylation sites (tertiary alicyclic amines) is 1. The third-order valence-electron chi connectivity index (χ3n) is 4.02. The molecule has 7 heteroatoms. The van der Waals surface area contributed by atoms with Gasteiger partial charge >= 0.3 is 0 Å². The summed E-state index contributed by atoms with van der Waals surface area (Å²) in [5, 5.41) is 14.6. The monoisotopic (exact) mass is 303 g/mol. The fourth-order valence-electron chi connectivity index (χ4n) is 2.77. The molecule has 0 N–H and O–H groups in total. The fourth-order valence-corrected chi connectivity index (χ4v) is 2.77. The first kappa shape index (κ1) is 14.5. The molecule has 0 bridgehead atoms. The maximum absolute atomic E-state index is 12.4. The van der Waals surface area contributed by atoms with Gasteiger partial charge in [-0.15, -0.1) is 0 Å². The molecule has 0 aromatic heterocycles. The summed E-state index contributed by atoms with van der Waals surface area (Å²) >= 11 is 0. The van der Waals surface area contributed by atoms with Crippen molar-refractivity contribution in [3.05, 3.63) is 39.9 Å². The average molecular weight is 303 g/mol. The first-order valence-corrected chi connectivity index (χ1v) is 7.41. The third kappa shape index (κ3) is 2.93. The molecule has 0 radical (unpaired) electrons. The number of nitrogens with zero attached hydrogens (tertiary/aromatic N) is 3. The maximum atomic E-state index is 12.4. The third-order valence-corrected chi connectivity index (χ3v) is 4.02. The molecule has 0 saturated carbocycles. The Morgan fingerprint density at radius 2 is 1.91 bits per heavy atom. The summed E-state index contributed by atoms with van der Waals surface area (Å²) in [4.78, 5) is 29.7. The predicted octanol–water partition coefficient (Wildman–Crippen LogP) is 2.10. The number of rotatable bonds is 3. The molecule has 2 heterocycles. The Morgan fingerprint density at radius 3 is 2.55 bits per heavy atom. The van der Waals surface area contributed by atoms with Crippen molar-refractivity contribution in [2.24, 2.45) is 5.16 Å². The fraction of sp³-hybridized carbons (Fsp3) is 0.467. The van der Waals surface area contributed by atoms with Crippen LogP contribution in [0.1, 0.15) is 31.2 Å². The number of nitro benzene ring substituents is 1. The van der Waals surface area contributed by atoms with Crippen LogP contribution >= 0.6 is 0 Å². The number of carbonyl (C=O) groups excluding carboxylic acids is 1. The van der Waals surface area contributed by atoms with E-state index in [9.17, 15) is 14.9 Å². The second-order valence-corrected chi connectivity index (χ2v) is 5.53. The molecule has 1 aromatic rings. The van der Waals surface area contributed by atoms with Crippen molar-refractivity contribution in [1.29, 1.82) is 0 Å². The van der Waals surface area contributed by atoms with Crippen LogP contribution in [0.5, 0.6) is 0 Å². The van der Waals surface area contributed by atoms with Crippen LogP contribution in [0.3, 0.4) is 0 Å². The Bertz CT molecular complexity index is 606.